The SMILES string of the molecule is Nc1ccc(C(O)c2ccncc2)c(Cl)c1. The molecular formula is C12H11ClN2O. The van der Waals surface area contributed by atoms with Gasteiger partial charge in [-0.05, 0) is 29.8 Å². The molecule has 0 saturated heterocycles. The minimum atomic E-state index is -0.754. The summed E-state index contributed by atoms with van der Waals surface area (Å²) in [5.41, 5.74) is 7.56. The molecule has 0 radical (unpaired) electrons. The number of nitrogens with zero attached hydrogens (tertiary/aromatic N) is 1. The summed E-state index contributed by atoms with van der Waals surface area (Å²) in [6, 6.07) is 8.56. The van der Waals surface area contributed by atoms with Crippen LogP contribution in [0.4, 0.5) is 5.69 Å². The molecule has 2 rings (SSSR count). The highest BCUT2D eigenvalue weighted by Gasteiger charge is 2.13. The van der Waals surface area contributed by atoms with Gasteiger partial charge in [0.1, 0.15) is 6.10 Å². The molecule has 0 aliphatic heterocycles. The van der Waals surface area contributed by atoms with E-state index in [4.69, 9.17) is 17.3 Å². The Balaban J connectivity index is 2.38. The first-order chi connectivity index (χ1) is 7.68. The number of hydrogen-bond acceptors (Lipinski definition) is 3. The summed E-state index contributed by atoms with van der Waals surface area (Å²) in [4.78, 5) is 3.89. The Hall–Kier alpha value is -1.58. The fraction of sp³-hybridized carbons (Fsp3) is 0.0833. The van der Waals surface area contributed by atoms with Crippen molar-refractivity contribution in [2.45, 2.75) is 6.10 Å². The van der Waals surface area contributed by atoms with Crippen LogP contribution >= 0.6 is 11.6 Å². The first kappa shape index (κ1) is 10.9. The maximum absolute atomic E-state index is 10.1. The lowest BCUT2D eigenvalue weighted by molar-refractivity contribution is 0.220. The van der Waals surface area contributed by atoms with Gasteiger partial charge in [0.05, 0.1) is 0 Å². The Morgan fingerprint density at radius 2 is 1.88 bits per heavy atom. The smallest absolute Gasteiger partial charge is 0.106 e. The van der Waals surface area contributed by atoms with E-state index >= 15 is 0 Å². The van der Waals surface area contributed by atoms with Gasteiger partial charge in [0.15, 0.2) is 0 Å². The minimum absolute atomic E-state index is 0.462. The second-order valence-corrected chi connectivity index (χ2v) is 3.87. The summed E-state index contributed by atoms with van der Waals surface area (Å²) < 4.78 is 0. The lowest BCUT2D eigenvalue weighted by atomic mass is 10.0. The molecule has 1 atom stereocenters. The molecule has 2 aromatic rings. The van der Waals surface area contributed by atoms with Crippen molar-refractivity contribution in [3.05, 3.63) is 58.9 Å². The van der Waals surface area contributed by atoms with Crippen LogP contribution in [0, 0.1) is 0 Å². The topological polar surface area (TPSA) is 59.1 Å². The first-order valence-corrected chi connectivity index (χ1v) is 5.19. The number of nitrogen functional groups attached to an aromatic ring is 1. The highest BCUT2D eigenvalue weighted by atomic mass is 35.5. The number of aromatic nitrogens is 1. The van der Waals surface area contributed by atoms with E-state index in [2.05, 4.69) is 4.98 Å². The molecular weight excluding hydrogens is 224 g/mol. The molecule has 0 spiro atoms. The largest absolute Gasteiger partial charge is 0.399 e. The summed E-state index contributed by atoms with van der Waals surface area (Å²) in [5, 5.41) is 10.6. The second kappa shape index (κ2) is 4.51. The predicted molar refractivity (Wildman–Crippen MR) is 64.2 cm³/mol. The number of anilines is 1. The highest BCUT2D eigenvalue weighted by Crippen LogP contribution is 2.29. The van der Waals surface area contributed by atoms with Gasteiger partial charge in [0.25, 0.3) is 0 Å². The van der Waals surface area contributed by atoms with Gasteiger partial charge in [-0.25, -0.2) is 0 Å². The average Bonchev–Trinajstić information content (AvgIpc) is 2.29. The Morgan fingerprint density at radius 1 is 1.19 bits per heavy atom. The number of hydrogen-bond donors (Lipinski definition) is 2. The molecule has 82 valence electrons. The molecule has 0 aliphatic carbocycles. The van der Waals surface area contributed by atoms with Crippen LogP contribution in [0.2, 0.25) is 5.02 Å². The maximum Gasteiger partial charge on any atom is 0.106 e. The van der Waals surface area contributed by atoms with E-state index in [9.17, 15) is 5.11 Å². The molecule has 1 unspecified atom stereocenters. The minimum Gasteiger partial charge on any atom is -0.399 e. The van der Waals surface area contributed by atoms with Gasteiger partial charge in [0.2, 0.25) is 0 Å². The van der Waals surface area contributed by atoms with Crippen molar-refractivity contribution < 1.29 is 5.11 Å². The zero-order valence-electron chi connectivity index (χ0n) is 8.47. The van der Waals surface area contributed by atoms with Crippen LogP contribution in [0.15, 0.2) is 42.7 Å². The number of pyridine rings is 1. The molecule has 3 nitrogen and oxygen atoms in total. The molecule has 0 amide bonds. The van der Waals surface area contributed by atoms with E-state index < -0.39 is 6.10 Å². The normalized spacial score (nSPS) is 12.4. The molecule has 1 heterocycles. The van der Waals surface area contributed by atoms with Gasteiger partial charge in [-0.15, -0.1) is 0 Å². The Bertz CT molecular complexity index is 488. The molecule has 1 aromatic carbocycles. The van der Waals surface area contributed by atoms with Crippen molar-refractivity contribution in [1.82, 2.24) is 4.98 Å². The van der Waals surface area contributed by atoms with Gasteiger partial charge < -0.3 is 10.8 Å². The van der Waals surface area contributed by atoms with Crippen LogP contribution in [0.5, 0.6) is 0 Å². The van der Waals surface area contributed by atoms with Crippen molar-refractivity contribution in [2.24, 2.45) is 0 Å². The van der Waals surface area contributed by atoms with Gasteiger partial charge >= 0.3 is 0 Å². The van der Waals surface area contributed by atoms with Gasteiger partial charge in [-0.2, -0.15) is 0 Å². The van der Waals surface area contributed by atoms with Crippen molar-refractivity contribution in [3.63, 3.8) is 0 Å². The molecule has 0 fully saturated rings. The van der Waals surface area contributed by atoms with Crippen LogP contribution in [0.1, 0.15) is 17.2 Å². The number of nitrogens with two attached hydrogens (primary N) is 1. The molecule has 1 aromatic heterocycles. The number of rotatable bonds is 2. The number of benzene rings is 1. The van der Waals surface area contributed by atoms with Crippen molar-refractivity contribution in [2.75, 3.05) is 5.73 Å². The maximum atomic E-state index is 10.1. The Labute approximate surface area is 98.5 Å². The highest BCUT2D eigenvalue weighted by molar-refractivity contribution is 6.31. The lowest BCUT2D eigenvalue weighted by Crippen LogP contribution is -2.01. The van der Waals surface area contributed by atoms with E-state index in [-0.39, 0.29) is 0 Å². The number of halogens is 1. The third-order valence-electron chi connectivity index (χ3n) is 2.34. The van der Waals surface area contributed by atoms with E-state index in [1.165, 1.54) is 0 Å². The van der Waals surface area contributed by atoms with Gasteiger partial charge in [-0.3, -0.25) is 4.98 Å². The zero-order chi connectivity index (χ0) is 11.5. The fourth-order valence-electron chi connectivity index (χ4n) is 1.49. The fourth-order valence-corrected chi connectivity index (χ4v) is 1.78. The average molecular weight is 235 g/mol. The van der Waals surface area contributed by atoms with E-state index in [1.807, 2.05) is 0 Å². The van der Waals surface area contributed by atoms with Gasteiger partial charge in [0, 0.05) is 28.7 Å². The molecule has 0 bridgehead atoms. The van der Waals surface area contributed by atoms with Crippen LogP contribution in [0.3, 0.4) is 0 Å². The molecule has 3 N–H and O–H groups in total. The monoisotopic (exact) mass is 234 g/mol. The van der Waals surface area contributed by atoms with Crippen LogP contribution in [0.25, 0.3) is 0 Å². The number of aliphatic hydroxyl groups is 1. The quantitative estimate of drug-likeness (QED) is 0.785. The molecule has 4 heteroatoms. The van der Waals surface area contributed by atoms with Gasteiger partial charge in [-0.1, -0.05) is 17.7 Å². The summed E-state index contributed by atoms with van der Waals surface area (Å²) in [5.74, 6) is 0. The standard InChI is InChI=1S/C12H11ClN2O/c13-11-7-9(14)1-2-10(11)12(16)8-3-5-15-6-4-8/h1-7,12,16H,14H2. The van der Waals surface area contributed by atoms with Crippen LogP contribution in [-0.2, 0) is 0 Å². The Morgan fingerprint density at radius 3 is 2.50 bits per heavy atom. The molecule has 0 saturated carbocycles. The third-order valence-corrected chi connectivity index (χ3v) is 2.67. The Kier molecular flexibility index (Phi) is 3.08. The van der Waals surface area contributed by atoms with Crippen LogP contribution < -0.4 is 5.73 Å². The van der Waals surface area contributed by atoms with Crippen molar-refractivity contribution >= 4 is 17.3 Å². The zero-order valence-corrected chi connectivity index (χ0v) is 9.22. The first-order valence-electron chi connectivity index (χ1n) is 4.81. The molecule has 0 aliphatic rings. The predicted octanol–water partition coefficient (Wildman–Crippen LogP) is 2.40. The summed E-state index contributed by atoms with van der Waals surface area (Å²) in [6.45, 7) is 0. The van der Waals surface area contributed by atoms with Crippen LogP contribution in [-0.4, -0.2) is 10.1 Å². The lowest BCUT2D eigenvalue weighted by Gasteiger charge is -2.13. The summed E-state index contributed by atoms with van der Waals surface area (Å²) in [6.07, 6.45) is 2.50. The van der Waals surface area contributed by atoms with E-state index in [1.54, 1.807) is 42.7 Å². The summed E-state index contributed by atoms with van der Waals surface area (Å²) in [7, 11) is 0. The van der Waals surface area contributed by atoms with E-state index in [0.717, 1.165) is 5.56 Å². The summed E-state index contributed by atoms with van der Waals surface area (Å²) >= 11 is 6.02. The number of aliphatic hydroxyl groups excluding tert-OH is 1. The van der Waals surface area contributed by atoms with E-state index in [0.29, 0.717) is 16.3 Å². The van der Waals surface area contributed by atoms with Crippen molar-refractivity contribution in [3.8, 4) is 0 Å². The van der Waals surface area contributed by atoms with Crippen molar-refractivity contribution in [1.29, 1.82) is 0 Å². The third kappa shape index (κ3) is 2.15. The second-order valence-electron chi connectivity index (χ2n) is 3.46. The molecule has 16 heavy (non-hydrogen) atoms.